The minimum absolute atomic E-state index is 0. The molecule has 1 aromatic carbocycles. The van der Waals surface area contributed by atoms with Gasteiger partial charge in [-0.1, -0.05) is 18.2 Å². The molecule has 1 rings (SSSR count). The summed E-state index contributed by atoms with van der Waals surface area (Å²) in [7, 11) is 0. The topological polar surface area (TPSA) is 90.2 Å². The molecular formula is C9H4KNO4. The summed E-state index contributed by atoms with van der Waals surface area (Å²) in [4.78, 5) is 21.6. The summed E-state index contributed by atoms with van der Waals surface area (Å²) in [5.41, 5.74) is -0.498. The standard InChI is InChI=1S/C9H5NO4.K/c10-5-14-9(13)7-4-2-1-3-6(7)8(11)12;/h1-4H,(H,11,12);/q;+1/p-1. The first-order chi connectivity index (χ1) is 6.66. The summed E-state index contributed by atoms with van der Waals surface area (Å²) in [6.07, 6.45) is 1.17. The maximum absolute atomic E-state index is 11.0. The normalized spacial score (nSPS) is 8.20. The summed E-state index contributed by atoms with van der Waals surface area (Å²) in [6.45, 7) is 0. The van der Waals surface area contributed by atoms with Crippen molar-refractivity contribution in [2.75, 3.05) is 0 Å². The molecule has 0 bridgehead atoms. The number of esters is 1. The Bertz CT molecular complexity index is 424. The number of nitrogens with zero attached hydrogens (tertiary/aromatic N) is 1. The Hall–Kier alpha value is -0.714. The van der Waals surface area contributed by atoms with E-state index in [0.29, 0.717) is 0 Å². The van der Waals surface area contributed by atoms with Crippen molar-refractivity contribution >= 4 is 11.9 Å². The van der Waals surface area contributed by atoms with Gasteiger partial charge in [0.2, 0.25) is 0 Å². The van der Waals surface area contributed by atoms with Gasteiger partial charge in [-0.2, -0.15) is 0 Å². The van der Waals surface area contributed by atoms with Crippen molar-refractivity contribution in [1.82, 2.24) is 0 Å². The Morgan fingerprint density at radius 2 is 1.80 bits per heavy atom. The van der Waals surface area contributed by atoms with Crippen LogP contribution in [0.1, 0.15) is 20.7 Å². The molecule has 0 aliphatic carbocycles. The Morgan fingerprint density at radius 3 is 2.27 bits per heavy atom. The number of ether oxygens (including phenoxy) is 1. The van der Waals surface area contributed by atoms with Crippen molar-refractivity contribution in [1.29, 1.82) is 5.26 Å². The molecule has 0 atom stereocenters. The van der Waals surface area contributed by atoms with Gasteiger partial charge in [0.15, 0.2) is 0 Å². The molecule has 70 valence electrons. The van der Waals surface area contributed by atoms with Crippen LogP contribution in [0.15, 0.2) is 24.3 Å². The molecule has 0 saturated heterocycles. The summed E-state index contributed by atoms with van der Waals surface area (Å²) in [5.74, 6) is -2.50. The number of hydrogen-bond donors (Lipinski definition) is 0. The Morgan fingerprint density at radius 1 is 1.27 bits per heavy atom. The number of nitriles is 1. The maximum atomic E-state index is 11.0. The number of benzene rings is 1. The molecular weight excluding hydrogens is 225 g/mol. The minimum Gasteiger partial charge on any atom is -0.545 e. The van der Waals surface area contributed by atoms with E-state index in [-0.39, 0.29) is 62.5 Å². The van der Waals surface area contributed by atoms with Gasteiger partial charge in [0.25, 0.3) is 6.26 Å². The van der Waals surface area contributed by atoms with Gasteiger partial charge >= 0.3 is 57.4 Å². The largest absolute Gasteiger partial charge is 1.00 e. The summed E-state index contributed by atoms with van der Waals surface area (Å²) in [6, 6.07) is 5.34. The second kappa shape index (κ2) is 6.71. The first-order valence-corrected chi connectivity index (χ1v) is 3.57. The number of hydrogen-bond acceptors (Lipinski definition) is 5. The summed E-state index contributed by atoms with van der Waals surface area (Å²) < 4.78 is 3.99. The molecule has 6 heteroatoms. The Kier molecular flexibility index (Phi) is 6.39. The quantitative estimate of drug-likeness (QED) is 0.301. The van der Waals surface area contributed by atoms with Gasteiger partial charge < -0.3 is 14.6 Å². The van der Waals surface area contributed by atoms with Crippen LogP contribution in [0.5, 0.6) is 0 Å². The van der Waals surface area contributed by atoms with Crippen LogP contribution in [0.4, 0.5) is 0 Å². The van der Waals surface area contributed by atoms with Crippen LogP contribution in [-0.4, -0.2) is 11.9 Å². The number of carbonyl (C=O) groups is 2. The molecule has 0 aliphatic rings. The maximum Gasteiger partial charge on any atom is 1.00 e. The number of carboxylic acids is 1. The van der Waals surface area contributed by atoms with Crippen molar-refractivity contribution in [3.63, 3.8) is 0 Å². The zero-order valence-electron chi connectivity index (χ0n) is 7.89. The zero-order chi connectivity index (χ0) is 10.6. The SMILES string of the molecule is N#COC(=O)c1ccccc1C(=O)[O-].[K+]. The molecule has 0 aromatic heterocycles. The second-order valence-electron chi connectivity index (χ2n) is 2.31. The minimum atomic E-state index is -1.49. The van der Waals surface area contributed by atoms with Crippen molar-refractivity contribution < 1.29 is 70.8 Å². The van der Waals surface area contributed by atoms with Crippen molar-refractivity contribution in [3.05, 3.63) is 35.4 Å². The van der Waals surface area contributed by atoms with E-state index in [2.05, 4.69) is 4.74 Å². The fraction of sp³-hybridized carbons (Fsp3) is 0. The molecule has 5 nitrogen and oxygen atoms in total. The van der Waals surface area contributed by atoms with Gasteiger partial charge in [0, 0.05) is 5.56 Å². The van der Waals surface area contributed by atoms with E-state index >= 15 is 0 Å². The molecule has 0 spiro atoms. The third-order valence-corrected chi connectivity index (χ3v) is 1.51. The van der Waals surface area contributed by atoms with E-state index in [1.165, 1.54) is 30.5 Å². The van der Waals surface area contributed by atoms with E-state index in [1.54, 1.807) is 0 Å². The fourth-order valence-corrected chi connectivity index (χ4v) is 0.936. The van der Waals surface area contributed by atoms with Crippen LogP contribution >= 0.6 is 0 Å². The third-order valence-electron chi connectivity index (χ3n) is 1.51. The van der Waals surface area contributed by atoms with E-state index in [1.807, 2.05) is 0 Å². The van der Waals surface area contributed by atoms with Crippen LogP contribution in [-0.2, 0) is 4.74 Å². The smallest absolute Gasteiger partial charge is 0.545 e. The number of carboxylic acid groups (broad SMARTS) is 1. The molecule has 0 N–H and O–H groups in total. The summed E-state index contributed by atoms with van der Waals surface area (Å²) >= 11 is 0. The first-order valence-electron chi connectivity index (χ1n) is 3.57. The molecule has 0 saturated carbocycles. The fourth-order valence-electron chi connectivity index (χ4n) is 0.936. The molecule has 0 fully saturated rings. The number of rotatable bonds is 2. The monoisotopic (exact) mass is 229 g/mol. The number of carbonyl (C=O) groups excluding carboxylic acids is 2. The van der Waals surface area contributed by atoms with Gasteiger partial charge in [-0.25, -0.2) is 4.79 Å². The van der Waals surface area contributed by atoms with Crippen molar-refractivity contribution in [3.8, 4) is 6.26 Å². The van der Waals surface area contributed by atoms with Crippen molar-refractivity contribution in [2.45, 2.75) is 0 Å². The predicted octanol–water partition coefficient (Wildman–Crippen LogP) is -3.31. The second-order valence-corrected chi connectivity index (χ2v) is 2.31. The van der Waals surface area contributed by atoms with Gasteiger partial charge in [0.05, 0.1) is 11.5 Å². The van der Waals surface area contributed by atoms with Crippen LogP contribution in [0, 0.1) is 11.5 Å². The molecule has 0 aliphatic heterocycles. The molecule has 15 heavy (non-hydrogen) atoms. The third kappa shape index (κ3) is 3.74. The number of aromatic carboxylic acids is 1. The average Bonchev–Trinajstić information content (AvgIpc) is 2.18. The van der Waals surface area contributed by atoms with Crippen LogP contribution in [0.3, 0.4) is 0 Å². The molecule has 0 radical (unpaired) electrons. The van der Waals surface area contributed by atoms with Crippen molar-refractivity contribution in [2.24, 2.45) is 0 Å². The van der Waals surface area contributed by atoms with Gasteiger partial charge in [-0.15, -0.1) is 5.26 Å². The van der Waals surface area contributed by atoms with E-state index < -0.39 is 11.9 Å². The van der Waals surface area contributed by atoms with E-state index in [4.69, 9.17) is 5.26 Å². The Labute approximate surface area is 128 Å². The van der Waals surface area contributed by atoms with E-state index in [0.717, 1.165) is 0 Å². The van der Waals surface area contributed by atoms with Crippen LogP contribution < -0.4 is 56.5 Å². The molecule has 0 heterocycles. The average molecular weight is 229 g/mol. The van der Waals surface area contributed by atoms with Crippen LogP contribution in [0.2, 0.25) is 0 Å². The zero-order valence-corrected chi connectivity index (χ0v) is 11.0. The first kappa shape index (κ1) is 14.3. The van der Waals surface area contributed by atoms with Gasteiger partial charge in [-0.05, 0) is 6.07 Å². The predicted molar refractivity (Wildman–Crippen MR) is 41.8 cm³/mol. The van der Waals surface area contributed by atoms with Gasteiger partial charge in [-0.3, -0.25) is 0 Å². The van der Waals surface area contributed by atoms with Gasteiger partial charge in [0.1, 0.15) is 0 Å². The summed E-state index contributed by atoms with van der Waals surface area (Å²) in [5, 5.41) is 18.6. The molecule has 0 unspecified atom stereocenters. The Balaban J connectivity index is 0.00000196. The molecule has 1 aromatic rings. The molecule has 0 amide bonds. The van der Waals surface area contributed by atoms with Crippen LogP contribution in [0.25, 0.3) is 0 Å². The van der Waals surface area contributed by atoms with E-state index in [9.17, 15) is 14.7 Å².